The predicted molar refractivity (Wildman–Crippen MR) is 95.2 cm³/mol. The SMILES string of the molecule is CN(C)c1nc(C(=O)N[C@@H](c2ccc(OC(F)F)cc2)C2CC2)cc(=O)[nH]1. The van der Waals surface area contributed by atoms with Crippen molar-refractivity contribution in [2.75, 3.05) is 19.0 Å². The van der Waals surface area contributed by atoms with E-state index in [1.807, 2.05) is 0 Å². The molecular weight excluding hydrogens is 358 g/mol. The first-order valence-electron chi connectivity index (χ1n) is 8.48. The maximum Gasteiger partial charge on any atom is 0.387 e. The number of halogens is 2. The van der Waals surface area contributed by atoms with Gasteiger partial charge >= 0.3 is 6.61 Å². The number of nitrogens with one attached hydrogen (secondary N) is 2. The second kappa shape index (κ2) is 7.73. The maximum absolute atomic E-state index is 12.6. The van der Waals surface area contributed by atoms with Crippen LogP contribution in [0.1, 0.15) is 34.9 Å². The molecule has 1 heterocycles. The number of anilines is 1. The van der Waals surface area contributed by atoms with Gasteiger partial charge in [0.15, 0.2) is 0 Å². The molecule has 1 aromatic carbocycles. The van der Waals surface area contributed by atoms with Crippen molar-refractivity contribution >= 4 is 11.9 Å². The van der Waals surface area contributed by atoms with Crippen LogP contribution < -0.4 is 20.5 Å². The summed E-state index contributed by atoms with van der Waals surface area (Å²) in [7, 11) is 3.41. The lowest BCUT2D eigenvalue weighted by Crippen LogP contribution is -2.32. The quantitative estimate of drug-likeness (QED) is 0.772. The second-order valence-corrected chi connectivity index (χ2v) is 6.58. The largest absolute Gasteiger partial charge is 0.435 e. The molecule has 1 fully saturated rings. The van der Waals surface area contributed by atoms with Crippen molar-refractivity contribution < 1.29 is 18.3 Å². The second-order valence-electron chi connectivity index (χ2n) is 6.58. The first-order valence-corrected chi connectivity index (χ1v) is 8.48. The molecule has 0 radical (unpaired) electrons. The molecule has 3 rings (SSSR count). The van der Waals surface area contributed by atoms with Crippen molar-refractivity contribution in [3.8, 4) is 5.75 Å². The zero-order valence-corrected chi connectivity index (χ0v) is 14.9. The van der Waals surface area contributed by atoms with Crippen LogP contribution in [-0.4, -0.2) is 36.6 Å². The van der Waals surface area contributed by atoms with Crippen LogP contribution in [0.3, 0.4) is 0 Å². The van der Waals surface area contributed by atoms with Gasteiger partial charge in [-0.3, -0.25) is 14.6 Å². The Kier molecular flexibility index (Phi) is 5.38. The van der Waals surface area contributed by atoms with E-state index in [9.17, 15) is 18.4 Å². The number of hydrogen-bond donors (Lipinski definition) is 2. The molecule has 0 unspecified atom stereocenters. The number of amides is 1. The summed E-state index contributed by atoms with van der Waals surface area (Å²) < 4.78 is 28.9. The van der Waals surface area contributed by atoms with Crippen LogP contribution in [0.25, 0.3) is 0 Å². The Labute approximate surface area is 154 Å². The standard InChI is InChI=1S/C18H20F2N4O3/c1-24(2)18-21-13(9-14(25)22-18)16(26)23-15(10-3-4-10)11-5-7-12(8-6-11)27-17(19)20/h5-10,15,17H,3-4H2,1-2H3,(H,23,26)(H,21,22,25)/t15-/m1/s1. The highest BCUT2D eigenvalue weighted by Crippen LogP contribution is 2.41. The van der Waals surface area contributed by atoms with E-state index in [2.05, 4.69) is 20.0 Å². The van der Waals surface area contributed by atoms with Gasteiger partial charge < -0.3 is 15.0 Å². The van der Waals surface area contributed by atoms with E-state index < -0.39 is 18.1 Å². The van der Waals surface area contributed by atoms with Crippen molar-refractivity contribution in [2.45, 2.75) is 25.5 Å². The highest BCUT2D eigenvalue weighted by atomic mass is 19.3. The molecule has 1 amide bonds. The fourth-order valence-corrected chi connectivity index (χ4v) is 2.75. The van der Waals surface area contributed by atoms with E-state index in [1.165, 1.54) is 12.1 Å². The van der Waals surface area contributed by atoms with E-state index in [0.717, 1.165) is 24.5 Å². The third kappa shape index (κ3) is 4.81. The first kappa shape index (κ1) is 18.8. The number of ether oxygens (including phenoxy) is 1. The molecule has 0 spiro atoms. The number of aromatic nitrogens is 2. The number of nitrogens with zero attached hydrogens (tertiary/aromatic N) is 2. The minimum atomic E-state index is -2.89. The van der Waals surface area contributed by atoms with Gasteiger partial charge in [-0.25, -0.2) is 4.98 Å². The third-order valence-electron chi connectivity index (χ3n) is 4.23. The van der Waals surface area contributed by atoms with Crippen LogP contribution >= 0.6 is 0 Å². The molecule has 27 heavy (non-hydrogen) atoms. The number of rotatable bonds is 7. The van der Waals surface area contributed by atoms with Crippen molar-refractivity contribution in [3.63, 3.8) is 0 Å². The molecule has 0 bridgehead atoms. The molecule has 1 aliphatic carbocycles. The van der Waals surface area contributed by atoms with Gasteiger partial charge in [-0.1, -0.05) is 12.1 Å². The highest BCUT2D eigenvalue weighted by molar-refractivity contribution is 5.92. The van der Waals surface area contributed by atoms with E-state index in [0.29, 0.717) is 0 Å². The molecule has 2 aromatic rings. The zero-order valence-electron chi connectivity index (χ0n) is 14.9. The number of benzene rings is 1. The Morgan fingerprint density at radius 1 is 1.30 bits per heavy atom. The fraction of sp³-hybridized carbons (Fsp3) is 0.389. The van der Waals surface area contributed by atoms with E-state index in [4.69, 9.17) is 0 Å². The lowest BCUT2D eigenvalue weighted by molar-refractivity contribution is -0.0498. The number of carbonyl (C=O) groups excluding carboxylic acids is 1. The number of aromatic amines is 1. The van der Waals surface area contributed by atoms with Gasteiger partial charge in [-0.2, -0.15) is 8.78 Å². The Balaban J connectivity index is 1.79. The minimum Gasteiger partial charge on any atom is -0.435 e. The molecule has 144 valence electrons. The number of carbonyl (C=O) groups is 1. The van der Waals surface area contributed by atoms with Crippen LogP contribution in [0, 0.1) is 5.92 Å². The summed E-state index contributed by atoms with van der Waals surface area (Å²) >= 11 is 0. The van der Waals surface area contributed by atoms with Gasteiger partial charge in [0, 0.05) is 20.2 Å². The zero-order chi connectivity index (χ0) is 19.6. The summed E-state index contributed by atoms with van der Waals surface area (Å²) in [6.07, 6.45) is 1.90. The highest BCUT2D eigenvalue weighted by Gasteiger charge is 2.34. The summed E-state index contributed by atoms with van der Waals surface area (Å²) in [6.45, 7) is -2.89. The minimum absolute atomic E-state index is 0.0192. The van der Waals surface area contributed by atoms with Crippen LogP contribution in [0.4, 0.5) is 14.7 Å². The summed E-state index contributed by atoms with van der Waals surface area (Å²) in [5.41, 5.74) is 0.381. The molecule has 9 heteroatoms. The Morgan fingerprint density at radius 2 is 1.96 bits per heavy atom. The van der Waals surface area contributed by atoms with Gasteiger partial charge in [-0.05, 0) is 36.5 Å². The van der Waals surface area contributed by atoms with Crippen molar-refractivity contribution in [1.29, 1.82) is 0 Å². The van der Waals surface area contributed by atoms with Gasteiger partial charge in [0.05, 0.1) is 6.04 Å². The van der Waals surface area contributed by atoms with Crippen molar-refractivity contribution in [1.82, 2.24) is 15.3 Å². The van der Waals surface area contributed by atoms with Crippen molar-refractivity contribution in [2.24, 2.45) is 5.92 Å². The smallest absolute Gasteiger partial charge is 0.387 e. The summed E-state index contributed by atoms with van der Waals surface area (Å²) in [5, 5.41) is 2.90. The number of H-pyrrole nitrogens is 1. The topological polar surface area (TPSA) is 87.3 Å². The Bertz CT molecular complexity index is 864. The summed E-state index contributed by atoms with van der Waals surface area (Å²) in [6, 6.07) is 7.04. The summed E-state index contributed by atoms with van der Waals surface area (Å²) in [5.74, 6) is 0.130. The first-order chi connectivity index (χ1) is 12.8. The molecule has 1 atom stereocenters. The average molecular weight is 378 g/mol. The lowest BCUT2D eigenvalue weighted by Gasteiger charge is -2.19. The predicted octanol–water partition coefficient (Wildman–Crippen LogP) is 2.32. The molecule has 1 saturated carbocycles. The number of hydrogen-bond acceptors (Lipinski definition) is 5. The average Bonchev–Trinajstić information content (AvgIpc) is 3.44. The van der Waals surface area contributed by atoms with E-state index in [-0.39, 0.29) is 29.4 Å². The van der Waals surface area contributed by atoms with Crippen LogP contribution in [0.15, 0.2) is 35.1 Å². The van der Waals surface area contributed by atoms with Gasteiger partial charge in [0.1, 0.15) is 11.4 Å². The fourth-order valence-electron chi connectivity index (χ4n) is 2.75. The Hall–Kier alpha value is -2.97. The van der Waals surface area contributed by atoms with Crippen molar-refractivity contribution in [3.05, 3.63) is 51.9 Å². The van der Waals surface area contributed by atoms with Gasteiger partial charge in [-0.15, -0.1) is 0 Å². The molecule has 2 N–H and O–H groups in total. The monoisotopic (exact) mass is 378 g/mol. The molecule has 0 saturated heterocycles. The molecule has 0 aliphatic heterocycles. The Morgan fingerprint density at radius 3 is 2.52 bits per heavy atom. The lowest BCUT2D eigenvalue weighted by atomic mass is 10.0. The molecule has 7 nitrogen and oxygen atoms in total. The van der Waals surface area contributed by atoms with E-state index >= 15 is 0 Å². The van der Waals surface area contributed by atoms with Gasteiger partial charge in [0.2, 0.25) is 5.95 Å². The molecular formula is C18H20F2N4O3. The maximum atomic E-state index is 12.6. The third-order valence-corrected chi connectivity index (χ3v) is 4.23. The van der Waals surface area contributed by atoms with E-state index in [1.54, 1.807) is 31.1 Å². The number of alkyl halides is 2. The molecule has 1 aliphatic rings. The van der Waals surface area contributed by atoms with Crippen LogP contribution in [-0.2, 0) is 0 Å². The molecule has 1 aromatic heterocycles. The normalized spacial score (nSPS) is 14.7. The van der Waals surface area contributed by atoms with Crippen LogP contribution in [0.5, 0.6) is 5.75 Å². The summed E-state index contributed by atoms with van der Waals surface area (Å²) in [4.78, 5) is 32.7. The van der Waals surface area contributed by atoms with Crippen LogP contribution in [0.2, 0.25) is 0 Å². The van der Waals surface area contributed by atoms with Gasteiger partial charge in [0.25, 0.3) is 11.5 Å².